The molecule has 0 aromatic rings. The third-order valence-corrected chi connectivity index (χ3v) is 19.5. The summed E-state index contributed by atoms with van der Waals surface area (Å²) in [7, 11) is -9.93. The number of allylic oxidation sites excluding steroid dienone is 4. The number of rotatable bonds is 73. The Morgan fingerprint density at radius 3 is 0.927 bits per heavy atom. The van der Waals surface area contributed by atoms with Crippen molar-refractivity contribution in [2.75, 3.05) is 39.6 Å². The Bertz CT molecular complexity index is 1970. The van der Waals surface area contributed by atoms with Crippen LogP contribution in [0.15, 0.2) is 24.3 Å². The van der Waals surface area contributed by atoms with Crippen molar-refractivity contribution in [2.24, 2.45) is 17.8 Å². The highest BCUT2D eigenvalue weighted by Gasteiger charge is 2.30. The number of phosphoric acid groups is 2. The largest absolute Gasteiger partial charge is 0.472 e. The lowest BCUT2D eigenvalue weighted by Gasteiger charge is -2.21. The van der Waals surface area contributed by atoms with Crippen LogP contribution in [0.1, 0.15) is 370 Å². The minimum atomic E-state index is -4.96. The maximum Gasteiger partial charge on any atom is 0.472 e. The van der Waals surface area contributed by atoms with Crippen LogP contribution in [-0.2, 0) is 65.4 Å². The van der Waals surface area contributed by atoms with Gasteiger partial charge in [0.05, 0.1) is 26.4 Å². The van der Waals surface area contributed by atoms with Crippen molar-refractivity contribution in [1.82, 2.24) is 0 Å². The Morgan fingerprint density at radius 1 is 0.344 bits per heavy atom. The number of aliphatic hydroxyl groups excluding tert-OH is 1. The van der Waals surface area contributed by atoms with E-state index < -0.39 is 97.5 Å². The molecule has 0 radical (unpaired) electrons. The summed E-state index contributed by atoms with van der Waals surface area (Å²) >= 11 is 0. The number of hydrogen-bond acceptors (Lipinski definition) is 15. The summed E-state index contributed by atoms with van der Waals surface area (Å²) < 4.78 is 68.5. The van der Waals surface area contributed by atoms with E-state index >= 15 is 0 Å². The molecule has 0 aliphatic carbocycles. The first-order valence-electron chi connectivity index (χ1n) is 39.2. The molecular weight excluding hydrogens is 1260 g/mol. The monoisotopic (exact) mass is 1410 g/mol. The Balaban J connectivity index is 5.26. The summed E-state index contributed by atoms with van der Waals surface area (Å²) in [6, 6.07) is 0. The first kappa shape index (κ1) is 93.5. The molecule has 0 aromatic heterocycles. The predicted molar refractivity (Wildman–Crippen MR) is 390 cm³/mol. The lowest BCUT2D eigenvalue weighted by Crippen LogP contribution is -2.30. The topological polar surface area (TPSA) is 237 Å². The fourth-order valence-corrected chi connectivity index (χ4v) is 12.8. The van der Waals surface area contributed by atoms with Gasteiger partial charge in [0.25, 0.3) is 0 Å². The van der Waals surface area contributed by atoms with Crippen LogP contribution in [0.3, 0.4) is 0 Å². The minimum Gasteiger partial charge on any atom is -0.462 e. The van der Waals surface area contributed by atoms with Gasteiger partial charge in [-0.2, -0.15) is 0 Å². The molecule has 19 heteroatoms. The molecule has 0 saturated carbocycles. The van der Waals surface area contributed by atoms with Crippen molar-refractivity contribution in [1.29, 1.82) is 0 Å². The summed E-state index contributed by atoms with van der Waals surface area (Å²) in [5.74, 6) is 0.129. The van der Waals surface area contributed by atoms with E-state index in [0.717, 1.165) is 127 Å². The van der Waals surface area contributed by atoms with Crippen LogP contribution in [-0.4, -0.2) is 96.7 Å². The number of carbonyl (C=O) groups excluding carboxylic acids is 4. The van der Waals surface area contributed by atoms with Crippen LogP contribution in [0.5, 0.6) is 0 Å². The molecule has 96 heavy (non-hydrogen) atoms. The van der Waals surface area contributed by atoms with Crippen LogP contribution >= 0.6 is 15.6 Å². The smallest absolute Gasteiger partial charge is 0.462 e. The molecular formula is C77H146O17P2. The molecule has 0 aliphatic rings. The van der Waals surface area contributed by atoms with E-state index in [1.54, 1.807) is 0 Å². The highest BCUT2D eigenvalue weighted by atomic mass is 31.2. The molecule has 6 atom stereocenters. The van der Waals surface area contributed by atoms with Gasteiger partial charge in [-0.15, -0.1) is 0 Å². The van der Waals surface area contributed by atoms with E-state index in [-0.39, 0.29) is 25.7 Å². The van der Waals surface area contributed by atoms with Gasteiger partial charge in [0, 0.05) is 25.7 Å². The summed E-state index contributed by atoms with van der Waals surface area (Å²) in [6.07, 6.45) is 56.4. The summed E-state index contributed by atoms with van der Waals surface area (Å²) in [6.45, 7) is 11.8. The fraction of sp³-hybridized carbons (Fsp3) is 0.896. The molecule has 0 aromatic carbocycles. The lowest BCUT2D eigenvalue weighted by molar-refractivity contribution is -0.161. The normalized spacial score (nSPS) is 14.5. The standard InChI is InChI=1S/C77H146O17P2/c1-8-10-11-12-13-14-15-16-19-23-26-31-37-46-53-61-77(82)94-73(65-88-75(80)59-52-45-40-39-43-50-57-70(7)9-2)67-92-96(85,86)90-63-71(78)62-89-95(83,84)91-66-72(64-87-74(79)58-51-44-36-33-28-30-35-42-49-56-69(5)6)93-76(81)60-54-47-38-32-27-24-21-18-17-20-22-25-29-34-41-48-55-68(3)4/h14-16,19,68-73,78H,8-13,17-18,20-67H2,1-7H3,(H,83,84)(H,85,86)/b15-14-,19-16-/t70?,71-,72-,73-/m1/s1. The summed E-state index contributed by atoms with van der Waals surface area (Å²) in [5.41, 5.74) is 0. The third-order valence-electron chi connectivity index (χ3n) is 17.6. The molecule has 3 N–H and O–H groups in total. The second kappa shape index (κ2) is 67.1. The SMILES string of the molecule is CCCCCC/C=C\C=C/CCCCCCCC(=O)O[C@H](COC(=O)CCCCCCCCC(C)CC)COP(=O)(O)OC[C@H](O)COP(=O)(O)OC[C@@H](COC(=O)CCCCCCCCCCCC(C)C)OC(=O)CCCCCCCCCCCCCCCCCCC(C)C. The fourth-order valence-electron chi connectivity index (χ4n) is 11.2. The van der Waals surface area contributed by atoms with Gasteiger partial charge < -0.3 is 33.8 Å². The maximum atomic E-state index is 13.1. The number of unbranched alkanes of at least 4 members (excludes halogenated alkanes) is 37. The van der Waals surface area contributed by atoms with Gasteiger partial charge in [0.1, 0.15) is 19.3 Å². The van der Waals surface area contributed by atoms with Crippen LogP contribution in [0, 0.1) is 17.8 Å². The van der Waals surface area contributed by atoms with E-state index in [1.807, 2.05) is 0 Å². The van der Waals surface area contributed by atoms with E-state index in [0.29, 0.717) is 25.7 Å². The maximum absolute atomic E-state index is 13.1. The number of hydrogen-bond donors (Lipinski definition) is 3. The highest BCUT2D eigenvalue weighted by molar-refractivity contribution is 7.47. The zero-order valence-corrected chi connectivity index (χ0v) is 64.1. The molecule has 0 bridgehead atoms. The molecule has 0 heterocycles. The second-order valence-corrected chi connectivity index (χ2v) is 31.2. The van der Waals surface area contributed by atoms with Crippen LogP contribution in [0.25, 0.3) is 0 Å². The number of ether oxygens (including phenoxy) is 4. The Hall–Kier alpha value is -2.46. The molecule has 0 aliphatic heterocycles. The van der Waals surface area contributed by atoms with Crippen molar-refractivity contribution in [3.8, 4) is 0 Å². The average Bonchev–Trinajstić information content (AvgIpc) is 1.52. The number of aliphatic hydroxyl groups is 1. The first-order valence-corrected chi connectivity index (χ1v) is 42.2. The van der Waals surface area contributed by atoms with Gasteiger partial charge in [0.15, 0.2) is 12.2 Å². The lowest BCUT2D eigenvalue weighted by atomic mass is 10.00. The van der Waals surface area contributed by atoms with Crippen LogP contribution in [0.2, 0.25) is 0 Å². The highest BCUT2D eigenvalue weighted by Crippen LogP contribution is 2.45. The average molecular weight is 1410 g/mol. The van der Waals surface area contributed by atoms with Crippen molar-refractivity contribution in [3.63, 3.8) is 0 Å². The first-order chi connectivity index (χ1) is 46.3. The third kappa shape index (κ3) is 68.7. The Morgan fingerprint density at radius 2 is 0.615 bits per heavy atom. The quantitative estimate of drug-likeness (QED) is 0.0169. The molecule has 0 spiro atoms. The van der Waals surface area contributed by atoms with E-state index in [2.05, 4.69) is 72.8 Å². The van der Waals surface area contributed by atoms with Crippen molar-refractivity contribution >= 4 is 39.5 Å². The summed E-state index contributed by atoms with van der Waals surface area (Å²) in [5, 5.41) is 10.6. The van der Waals surface area contributed by atoms with E-state index in [1.165, 1.54) is 161 Å². The molecule has 0 rings (SSSR count). The molecule has 0 saturated heterocycles. The Kier molecular flexibility index (Phi) is 65.3. The second-order valence-electron chi connectivity index (χ2n) is 28.3. The zero-order valence-electron chi connectivity index (χ0n) is 62.3. The van der Waals surface area contributed by atoms with Crippen molar-refractivity contribution in [3.05, 3.63) is 24.3 Å². The molecule has 17 nitrogen and oxygen atoms in total. The van der Waals surface area contributed by atoms with Crippen LogP contribution < -0.4 is 0 Å². The Labute approximate surface area is 586 Å². The molecule has 3 unspecified atom stereocenters. The van der Waals surface area contributed by atoms with Gasteiger partial charge in [-0.3, -0.25) is 37.3 Å². The van der Waals surface area contributed by atoms with Gasteiger partial charge >= 0.3 is 39.5 Å². The number of carbonyl (C=O) groups is 4. The van der Waals surface area contributed by atoms with E-state index in [9.17, 15) is 43.2 Å². The zero-order chi connectivity index (χ0) is 70.9. The van der Waals surface area contributed by atoms with Crippen molar-refractivity contribution in [2.45, 2.75) is 388 Å². The predicted octanol–water partition coefficient (Wildman–Crippen LogP) is 22.1. The minimum absolute atomic E-state index is 0.0839. The van der Waals surface area contributed by atoms with Gasteiger partial charge in [0.2, 0.25) is 0 Å². The van der Waals surface area contributed by atoms with Crippen LogP contribution in [0.4, 0.5) is 0 Å². The van der Waals surface area contributed by atoms with E-state index in [4.69, 9.17) is 37.0 Å². The van der Waals surface area contributed by atoms with Gasteiger partial charge in [-0.1, -0.05) is 317 Å². The molecule has 0 amide bonds. The number of esters is 4. The van der Waals surface area contributed by atoms with Gasteiger partial charge in [-0.05, 0) is 69.1 Å². The van der Waals surface area contributed by atoms with Gasteiger partial charge in [-0.25, -0.2) is 9.13 Å². The molecule has 566 valence electrons. The van der Waals surface area contributed by atoms with Crippen molar-refractivity contribution < 1.29 is 80.2 Å². The molecule has 0 fully saturated rings. The summed E-state index contributed by atoms with van der Waals surface area (Å²) in [4.78, 5) is 72.8. The number of phosphoric ester groups is 2.